The van der Waals surface area contributed by atoms with E-state index in [1.807, 2.05) is 0 Å². The Kier molecular flexibility index (Phi) is 3.53. The van der Waals surface area contributed by atoms with E-state index in [1.54, 1.807) is 0 Å². The minimum Gasteiger partial charge on any atom is -0.480 e. The monoisotopic (exact) mass is 342 g/mol. The molecule has 2 fully saturated rings. The van der Waals surface area contributed by atoms with E-state index in [1.165, 1.54) is 12.1 Å². The lowest BCUT2D eigenvalue weighted by atomic mass is 9.48. The number of rotatable bonds is 3. The van der Waals surface area contributed by atoms with Crippen molar-refractivity contribution < 1.29 is 14.7 Å². The second-order valence-electron chi connectivity index (χ2n) is 6.37. The first kappa shape index (κ1) is 15.4. The fourth-order valence-corrected chi connectivity index (χ4v) is 4.04. The van der Waals surface area contributed by atoms with Crippen molar-refractivity contribution in [2.75, 3.05) is 5.73 Å². The number of carboxylic acid groups (broad SMARTS) is 1. The highest BCUT2D eigenvalue weighted by molar-refractivity contribution is 6.40. The number of benzene rings is 1. The minimum atomic E-state index is -1.20. The van der Waals surface area contributed by atoms with E-state index in [0.29, 0.717) is 12.8 Å². The van der Waals surface area contributed by atoms with Crippen LogP contribution in [-0.4, -0.2) is 22.5 Å². The van der Waals surface area contributed by atoms with Crippen molar-refractivity contribution in [3.8, 4) is 0 Å². The summed E-state index contributed by atoms with van der Waals surface area (Å²) in [6, 6.07) is 2.92. The quantitative estimate of drug-likeness (QED) is 0.736. The third-order valence-corrected chi connectivity index (χ3v) is 5.64. The zero-order valence-corrected chi connectivity index (χ0v) is 13.3. The van der Waals surface area contributed by atoms with E-state index >= 15 is 0 Å². The minimum absolute atomic E-state index is 0.0446. The molecule has 1 amide bonds. The number of anilines is 1. The molecule has 7 heteroatoms. The predicted molar refractivity (Wildman–Crippen MR) is 84.2 cm³/mol. The van der Waals surface area contributed by atoms with Crippen LogP contribution in [0.5, 0.6) is 0 Å². The Balaban J connectivity index is 1.81. The fraction of sp³-hybridized carbons (Fsp3) is 0.467. The lowest BCUT2D eigenvalue weighted by molar-refractivity contribution is -0.161. The van der Waals surface area contributed by atoms with E-state index in [9.17, 15) is 14.7 Å². The first-order valence-electron chi connectivity index (χ1n) is 7.08. The van der Waals surface area contributed by atoms with Crippen LogP contribution >= 0.6 is 23.2 Å². The number of amides is 1. The number of halogens is 2. The number of nitrogens with two attached hydrogens (primary N) is 1. The summed E-state index contributed by atoms with van der Waals surface area (Å²) in [5.74, 6) is -1.54. The molecule has 2 aliphatic rings. The smallest absolute Gasteiger partial charge is 0.329 e. The van der Waals surface area contributed by atoms with E-state index in [-0.39, 0.29) is 26.7 Å². The summed E-state index contributed by atoms with van der Waals surface area (Å²) in [6.07, 6.45) is 4.14. The highest BCUT2D eigenvalue weighted by atomic mass is 35.5. The molecule has 3 rings (SSSR count). The fourth-order valence-electron chi connectivity index (χ4n) is 3.58. The molecular weight excluding hydrogens is 327 g/mol. The van der Waals surface area contributed by atoms with Crippen molar-refractivity contribution in [3.63, 3.8) is 0 Å². The molecule has 0 aromatic heterocycles. The van der Waals surface area contributed by atoms with Crippen LogP contribution in [0.2, 0.25) is 10.0 Å². The van der Waals surface area contributed by atoms with Crippen LogP contribution in [0.15, 0.2) is 12.1 Å². The van der Waals surface area contributed by atoms with Crippen molar-refractivity contribution in [2.24, 2.45) is 5.41 Å². The Hall–Kier alpha value is -1.46. The van der Waals surface area contributed by atoms with Gasteiger partial charge in [0.1, 0.15) is 5.54 Å². The second-order valence-corrected chi connectivity index (χ2v) is 7.16. The maximum Gasteiger partial charge on any atom is 0.329 e. The number of hydrogen-bond donors (Lipinski definition) is 3. The first-order chi connectivity index (χ1) is 10.3. The number of aliphatic carboxylic acids is 1. The van der Waals surface area contributed by atoms with Gasteiger partial charge in [0, 0.05) is 0 Å². The lowest BCUT2D eigenvalue weighted by Gasteiger charge is -2.59. The van der Waals surface area contributed by atoms with Gasteiger partial charge in [-0.3, -0.25) is 4.79 Å². The lowest BCUT2D eigenvalue weighted by Crippen LogP contribution is -2.68. The maximum absolute atomic E-state index is 12.4. The van der Waals surface area contributed by atoms with Gasteiger partial charge in [0.05, 0.1) is 21.3 Å². The highest BCUT2D eigenvalue weighted by Crippen LogP contribution is 2.60. The summed E-state index contributed by atoms with van der Waals surface area (Å²) in [5, 5.41) is 12.4. The molecule has 22 heavy (non-hydrogen) atoms. The number of nitrogens with one attached hydrogen (secondary N) is 1. The summed E-state index contributed by atoms with van der Waals surface area (Å²) >= 11 is 11.9. The largest absolute Gasteiger partial charge is 0.480 e. The zero-order valence-electron chi connectivity index (χ0n) is 11.8. The molecule has 0 atom stereocenters. The van der Waals surface area contributed by atoms with Crippen LogP contribution < -0.4 is 11.1 Å². The van der Waals surface area contributed by atoms with E-state index in [0.717, 1.165) is 19.3 Å². The Morgan fingerprint density at radius 2 is 1.86 bits per heavy atom. The van der Waals surface area contributed by atoms with Gasteiger partial charge in [-0.05, 0) is 43.2 Å². The number of nitrogen functional groups attached to an aromatic ring is 1. The van der Waals surface area contributed by atoms with Gasteiger partial charge in [0.25, 0.3) is 5.91 Å². The first-order valence-corrected chi connectivity index (χ1v) is 7.84. The molecule has 0 bridgehead atoms. The van der Waals surface area contributed by atoms with Crippen LogP contribution in [0.3, 0.4) is 0 Å². The van der Waals surface area contributed by atoms with Crippen molar-refractivity contribution in [1.82, 2.24) is 5.32 Å². The molecule has 118 valence electrons. The third kappa shape index (κ3) is 2.23. The summed E-state index contributed by atoms with van der Waals surface area (Å²) in [6.45, 7) is 0. The second kappa shape index (κ2) is 5.03. The van der Waals surface area contributed by atoms with Gasteiger partial charge in [0.15, 0.2) is 0 Å². The van der Waals surface area contributed by atoms with Gasteiger partial charge in [-0.25, -0.2) is 4.79 Å². The summed E-state index contributed by atoms with van der Waals surface area (Å²) in [5.41, 5.74) is 4.86. The molecule has 2 aliphatic carbocycles. The maximum atomic E-state index is 12.4. The Labute approximate surface area is 137 Å². The molecule has 2 saturated carbocycles. The van der Waals surface area contributed by atoms with E-state index < -0.39 is 17.4 Å². The zero-order chi connectivity index (χ0) is 16.1. The van der Waals surface area contributed by atoms with Crippen LogP contribution in [0.25, 0.3) is 0 Å². The number of carbonyl (C=O) groups is 2. The van der Waals surface area contributed by atoms with Crippen LogP contribution in [0.4, 0.5) is 5.69 Å². The Morgan fingerprint density at radius 3 is 2.36 bits per heavy atom. The average molecular weight is 343 g/mol. The van der Waals surface area contributed by atoms with Crippen LogP contribution in [0, 0.1) is 5.41 Å². The molecule has 1 spiro atoms. The molecule has 1 aromatic carbocycles. The summed E-state index contributed by atoms with van der Waals surface area (Å²) in [7, 11) is 0. The highest BCUT2D eigenvalue weighted by Gasteiger charge is 2.61. The Bertz CT molecular complexity index is 663. The normalized spacial score (nSPS) is 20.8. The van der Waals surface area contributed by atoms with Crippen molar-refractivity contribution in [3.05, 3.63) is 27.7 Å². The van der Waals surface area contributed by atoms with Gasteiger partial charge in [-0.15, -0.1) is 0 Å². The van der Waals surface area contributed by atoms with Gasteiger partial charge in [-0.2, -0.15) is 0 Å². The number of carbonyl (C=O) groups excluding carboxylic acids is 1. The molecular formula is C15H16Cl2N2O3. The topological polar surface area (TPSA) is 92.4 Å². The molecule has 0 heterocycles. The number of carboxylic acids is 1. The molecule has 5 nitrogen and oxygen atoms in total. The average Bonchev–Trinajstić information content (AvgIpc) is 2.37. The number of hydrogen-bond acceptors (Lipinski definition) is 3. The molecule has 0 saturated heterocycles. The van der Waals surface area contributed by atoms with Gasteiger partial charge >= 0.3 is 5.97 Å². The van der Waals surface area contributed by atoms with Gasteiger partial charge < -0.3 is 16.2 Å². The van der Waals surface area contributed by atoms with E-state index in [2.05, 4.69) is 5.32 Å². The van der Waals surface area contributed by atoms with Crippen LogP contribution in [-0.2, 0) is 4.79 Å². The standard InChI is InChI=1S/C15H16Cl2N2O3/c16-9-3-2-8(10(17)11(9)18)12(20)19-15(13(21)22)6-14(7-15)4-1-5-14/h2-3H,1,4-7,18H2,(H,19,20)(H,21,22). The van der Waals surface area contributed by atoms with Gasteiger partial charge in [0.2, 0.25) is 0 Å². The molecule has 4 N–H and O–H groups in total. The molecule has 0 unspecified atom stereocenters. The van der Waals surface area contributed by atoms with Crippen LogP contribution in [0.1, 0.15) is 42.5 Å². The summed E-state index contributed by atoms with van der Waals surface area (Å²) in [4.78, 5) is 24.0. The Morgan fingerprint density at radius 1 is 1.23 bits per heavy atom. The van der Waals surface area contributed by atoms with Crippen molar-refractivity contribution >= 4 is 40.8 Å². The molecule has 0 radical (unpaired) electrons. The summed E-state index contributed by atoms with van der Waals surface area (Å²) < 4.78 is 0. The third-order valence-electron chi connectivity index (χ3n) is 4.90. The molecule has 1 aromatic rings. The van der Waals surface area contributed by atoms with E-state index in [4.69, 9.17) is 28.9 Å². The molecule has 0 aliphatic heterocycles. The predicted octanol–water partition coefficient (Wildman–Crippen LogP) is 3.09. The van der Waals surface area contributed by atoms with Crippen molar-refractivity contribution in [1.29, 1.82) is 0 Å². The van der Waals surface area contributed by atoms with Crippen molar-refractivity contribution in [2.45, 2.75) is 37.6 Å². The van der Waals surface area contributed by atoms with Gasteiger partial charge in [-0.1, -0.05) is 29.6 Å². The SMILES string of the molecule is Nc1c(Cl)ccc(C(=O)NC2(C(=O)O)CC3(CCC3)C2)c1Cl.